The molecule has 0 aromatic heterocycles. The second-order valence-corrected chi connectivity index (χ2v) is 14.5. The zero-order chi connectivity index (χ0) is 41.0. The summed E-state index contributed by atoms with van der Waals surface area (Å²) in [6.45, 7) is 6.04. The second-order valence-electron chi connectivity index (χ2n) is 13.5. The first-order chi connectivity index (χ1) is 25.4. The standard InChI is InChI=1S/C35H56N8O10S/c1-19(2)15-24(32(50)40-23(30(37)48)12-14-54-5)39-27(45)11-13-38-35(53)29(20(3)4)43-33(51)25(16-21-9-7-6-8-10-21)41-34(52)26(18-44)42-31(49)22(36)17-28(46)47/h6-10,19-20,22-26,29,44H,11-18,36H2,1-5H3,(H2,37,48)(H,38,53)(H,39,45)(H,40,50)(H,41,52)(H,42,49)(H,43,51)(H,46,47)/t22-,23-,24+,25+,26-,29-/m0/s1. The second kappa shape index (κ2) is 24.5. The molecular formula is C35H56N8O10S. The molecule has 1 aromatic carbocycles. The smallest absolute Gasteiger partial charge is 0.305 e. The number of carboxylic acids is 1. The lowest BCUT2D eigenvalue weighted by Gasteiger charge is -2.27. The minimum Gasteiger partial charge on any atom is -0.481 e. The van der Waals surface area contributed by atoms with Crippen molar-refractivity contribution in [1.82, 2.24) is 31.9 Å². The number of nitrogens with two attached hydrogens (primary N) is 2. The molecule has 54 heavy (non-hydrogen) atoms. The van der Waals surface area contributed by atoms with Crippen molar-refractivity contribution in [3.05, 3.63) is 35.9 Å². The molecule has 1 rings (SSSR count). The average Bonchev–Trinajstić information content (AvgIpc) is 3.09. The number of primary amides is 1. The first-order valence-electron chi connectivity index (χ1n) is 17.6. The van der Waals surface area contributed by atoms with Gasteiger partial charge in [-0.1, -0.05) is 58.0 Å². The van der Waals surface area contributed by atoms with E-state index in [1.807, 2.05) is 20.1 Å². The lowest BCUT2D eigenvalue weighted by atomic mass is 10.0. The van der Waals surface area contributed by atoms with Crippen LogP contribution in [0, 0.1) is 11.8 Å². The number of amides is 7. The minimum absolute atomic E-state index is 0.0142. The van der Waals surface area contributed by atoms with Crippen LogP contribution in [0.4, 0.5) is 0 Å². The third-order valence-corrected chi connectivity index (χ3v) is 8.63. The molecule has 0 aliphatic rings. The minimum atomic E-state index is -1.57. The fraction of sp³-hybridized carbons (Fsp3) is 0.600. The van der Waals surface area contributed by atoms with Gasteiger partial charge < -0.3 is 53.6 Å². The van der Waals surface area contributed by atoms with Crippen molar-refractivity contribution < 1.29 is 48.6 Å². The Morgan fingerprint density at radius 3 is 1.87 bits per heavy atom. The zero-order valence-corrected chi connectivity index (χ0v) is 32.2. The number of hydrogen-bond acceptors (Lipinski definition) is 11. The van der Waals surface area contributed by atoms with E-state index in [0.717, 1.165) is 0 Å². The van der Waals surface area contributed by atoms with Crippen LogP contribution in [-0.2, 0) is 44.8 Å². The van der Waals surface area contributed by atoms with Gasteiger partial charge in [-0.3, -0.25) is 38.4 Å². The van der Waals surface area contributed by atoms with Gasteiger partial charge in [0.05, 0.1) is 19.1 Å². The van der Waals surface area contributed by atoms with Crippen LogP contribution >= 0.6 is 11.8 Å². The van der Waals surface area contributed by atoms with Gasteiger partial charge in [0.2, 0.25) is 41.4 Å². The topological polar surface area (TPSA) is 301 Å². The van der Waals surface area contributed by atoms with E-state index in [9.17, 15) is 43.5 Å². The first kappa shape index (κ1) is 47.3. The first-order valence-corrected chi connectivity index (χ1v) is 19.0. The van der Waals surface area contributed by atoms with Crippen LogP contribution in [0.2, 0.25) is 0 Å². The molecule has 0 saturated carbocycles. The third-order valence-electron chi connectivity index (χ3n) is 7.99. The van der Waals surface area contributed by atoms with Crippen molar-refractivity contribution in [2.45, 2.75) is 96.1 Å². The molecule has 0 bridgehead atoms. The van der Waals surface area contributed by atoms with Crippen molar-refractivity contribution in [3.8, 4) is 0 Å². The number of carbonyl (C=O) groups excluding carboxylic acids is 7. The van der Waals surface area contributed by atoms with Gasteiger partial charge in [-0.15, -0.1) is 0 Å². The van der Waals surface area contributed by atoms with Gasteiger partial charge in [0, 0.05) is 19.4 Å². The molecule has 7 amide bonds. The molecule has 0 radical (unpaired) electrons. The lowest BCUT2D eigenvalue weighted by Crippen LogP contribution is -2.59. The predicted molar refractivity (Wildman–Crippen MR) is 201 cm³/mol. The molecule has 12 N–H and O–H groups in total. The van der Waals surface area contributed by atoms with E-state index < -0.39 is 103 Å². The van der Waals surface area contributed by atoms with E-state index in [2.05, 4.69) is 31.9 Å². The molecular weight excluding hydrogens is 724 g/mol. The molecule has 0 aliphatic carbocycles. The van der Waals surface area contributed by atoms with Crippen molar-refractivity contribution in [1.29, 1.82) is 0 Å². The maximum Gasteiger partial charge on any atom is 0.305 e. The summed E-state index contributed by atoms with van der Waals surface area (Å²) >= 11 is 1.49. The highest BCUT2D eigenvalue weighted by Crippen LogP contribution is 2.09. The molecule has 0 heterocycles. The largest absolute Gasteiger partial charge is 0.481 e. The van der Waals surface area contributed by atoms with E-state index in [1.165, 1.54) is 11.8 Å². The molecule has 302 valence electrons. The predicted octanol–water partition coefficient (Wildman–Crippen LogP) is -2.11. The molecule has 0 unspecified atom stereocenters. The van der Waals surface area contributed by atoms with E-state index in [4.69, 9.17) is 16.6 Å². The van der Waals surface area contributed by atoms with Gasteiger partial charge in [-0.25, -0.2) is 0 Å². The summed E-state index contributed by atoms with van der Waals surface area (Å²) < 4.78 is 0. The SMILES string of the molecule is CSCC[C@H](NC(=O)[C@@H](CC(C)C)NC(=O)CCNC(=O)[C@@H](NC(=O)[C@@H](Cc1ccccc1)NC(=O)[C@H](CO)NC(=O)[C@@H](N)CC(=O)O)C(C)C)C(N)=O. The molecule has 19 heteroatoms. The molecule has 0 fully saturated rings. The average molecular weight is 781 g/mol. The van der Waals surface area contributed by atoms with Gasteiger partial charge in [0.1, 0.15) is 30.2 Å². The van der Waals surface area contributed by atoms with E-state index in [1.54, 1.807) is 44.2 Å². The van der Waals surface area contributed by atoms with Crippen LogP contribution in [0.5, 0.6) is 0 Å². The number of benzene rings is 1. The summed E-state index contributed by atoms with van der Waals surface area (Å²) in [5.74, 6) is -6.34. The fourth-order valence-corrected chi connectivity index (χ4v) is 5.52. The molecule has 0 saturated heterocycles. The Morgan fingerprint density at radius 2 is 1.33 bits per heavy atom. The Kier molecular flexibility index (Phi) is 21.5. The highest BCUT2D eigenvalue weighted by atomic mass is 32.2. The fourth-order valence-electron chi connectivity index (χ4n) is 5.05. The summed E-state index contributed by atoms with van der Waals surface area (Å²) in [6.07, 6.45) is 1.49. The number of aliphatic hydroxyl groups is 1. The van der Waals surface area contributed by atoms with Crippen LogP contribution in [-0.4, -0.2) is 119 Å². The van der Waals surface area contributed by atoms with Gasteiger partial charge in [0.15, 0.2) is 0 Å². The summed E-state index contributed by atoms with van der Waals surface area (Å²) in [5.41, 5.74) is 11.6. The number of thioether (sulfide) groups is 1. The van der Waals surface area contributed by atoms with E-state index in [0.29, 0.717) is 17.7 Å². The van der Waals surface area contributed by atoms with Crippen LogP contribution in [0.25, 0.3) is 0 Å². The molecule has 0 aliphatic heterocycles. The van der Waals surface area contributed by atoms with Crippen LogP contribution in [0.1, 0.15) is 58.9 Å². The third kappa shape index (κ3) is 17.8. The summed E-state index contributed by atoms with van der Waals surface area (Å²) in [4.78, 5) is 101. The summed E-state index contributed by atoms with van der Waals surface area (Å²) in [5, 5.41) is 33.9. The summed E-state index contributed by atoms with van der Waals surface area (Å²) in [6, 6.07) is 1.26. The van der Waals surface area contributed by atoms with Crippen molar-refractivity contribution in [2.75, 3.05) is 25.2 Å². The molecule has 0 spiro atoms. The van der Waals surface area contributed by atoms with Crippen LogP contribution in [0.15, 0.2) is 30.3 Å². The number of aliphatic hydroxyl groups excluding tert-OH is 1. The maximum absolute atomic E-state index is 13.6. The van der Waals surface area contributed by atoms with Crippen molar-refractivity contribution in [2.24, 2.45) is 23.3 Å². The van der Waals surface area contributed by atoms with Crippen molar-refractivity contribution >= 4 is 59.1 Å². The number of aliphatic carboxylic acids is 1. The summed E-state index contributed by atoms with van der Waals surface area (Å²) in [7, 11) is 0. The Labute approximate surface area is 319 Å². The number of hydrogen-bond donors (Lipinski definition) is 10. The van der Waals surface area contributed by atoms with E-state index >= 15 is 0 Å². The van der Waals surface area contributed by atoms with Crippen LogP contribution < -0.4 is 43.4 Å². The number of nitrogens with one attached hydrogen (secondary N) is 6. The lowest BCUT2D eigenvalue weighted by molar-refractivity contribution is -0.140. The zero-order valence-electron chi connectivity index (χ0n) is 31.4. The highest BCUT2D eigenvalue weighted by molar-refractivity contribution is 7.98. The van der Waals surface area contributed by atoms with Gasteiger partial charge in [0.25, 0.3) is 0 Å². The Morgan fingerprint density at radius 1 is 0.759 bits per heavy atom. The number of carbonyl (C=O) groups is 8. The quantitative estimate of drug-likeness (QED) is 0.0510. The van der Waals surface area contributed by atoms with Gasteiger partial charge >= 0.3 is 5.97 Å². The monoisotopic (exact) mass is 780 g/mol. The van der Waals surface area contributed by atoms with Crippen molar-refractivity contribution in [3.63, 3.8) is 0 Å². The molecule has 1 aromatic rings. The Bertz CT molecular complexity index is 1430. The molecule has 6 atom stereocenters. The maximum atomic E-state index is 13.6. The van der Waals surface area contributed by atoms with Gasteiger partial charge in [-0.05, 0) is 42.2 Å². The van der Waals surface area contributed by atoms with E-state index in [-0.39, 0.29) is 31.7 Å². The number of carboxylic acid groups (broad SMARTS) is 1. The normalized spacial score (nSPS) is 14.4. The Hall–Kier alpha value is -4.75. The number of rotatable bonds is 25. The highest BCUT2D eigenvalue weighted by Gasteiger charge is 2.32. The van der Waals surface area contributed by atoms with Gasteiger partial charge in [-0.2, -0.15) is 11.8 Å². The van der Waals surface area contributed by atoms with Crippen LogP contribution in [0.3, 0.4) is 0 Å². The molecule has 18 nitrogen and oxygen atoms in total. The Balaban J connectivity index is 3.00.